The third-order valence-corrected chi connectivity index (χ3v) is 2.80. The summed E-state index contributed by atoms with van der Waals surface area (Å²) in [5, 5.41) is 9.90. The average Bonchev–Trinajstić information content (AvgIpc) is 2.12. The van der Waals surface area contributed by atoms with Crippen LogP contribution in [0.1, 0.15) is 0 Å². The molecule has 1 nitrogen and oxygen atoms in total. The molecule has 1 N–H and O–H groups in total. The summed E-state index contributed by atoms with van der Waals surface area (Å²) in [6, 6.07) is 4.74. The highest BCUT2D eigenvalue weighted by Crippen LogP contribution is 2.33. The van der Waals surface area contributed by atoms with Crippen LogP contribution in [0.15, 0.2) is 28.7 Å². The molecule has 4 heteroatoms. The molecule has 0 aliphatic rings. The molecule has 0 aliphatic heterocycles. The van der Waals surface area contributed by atoms with Crippen LogP contribution in [0.4, 0.5) is 8.78 Å². The fourth-order valence-corrected chi connectivity index (χ4v) is 1.77. The molecule has 2 aromatic carbocycles. The standard InChI is InChI=1S/C10H5BrF2O/c11-10-7-3-5(12)4-8(13)6(7)1-2-9(10)14/h1-4,14H. The minimum atomic E-state index is -0.665. The van der Waals surface area contributed by atoms with Gasteiger partial charge in [-0.3, -0.25) is 0 Å². The van der Waals surface area contributed by atoms with Crippen molar-refractivity contribution < 1.29 is 13.9 Å². The smallest absolute Gasteiger partial charge is 0.133 e. The highest BCUT2D eigenvalue weighted by atomic mass is 79.9. The van der Waals surface area contributed by atoms with Gasteiger partial charge in [-0.05, 0) is 34.1 Å². The Hall–Kier alpha value is -1.16. The van der Waals surface area contributed by atoms with E-state index in [2.05, 4.69) is 15.9 Å². The van der Waals surface area contributed by atoms with Crippen LogP contribution >= 0.6 is 15.9 Å². The number of rotatable bonds is 0. The minimum Gasteiger partial charge on any atom is -0.507 e. The van der Waals surface area contributed by atoms with E-state index in [1.807, 2.05) is 0 Å². The quantitative estimate of drug-likeness (QED) is 0.766. The number of benzene rings is 2. The van der Waals surface area contributed by atoms with E-state index < -0.39 is 11.6 Å². The lowest BCUT2D eigenvalue weighted by Crippen LogP contribution is -1.84. The molecule has 14 heavy (non-hydrogen) atoms. The van der Waals surface area contributed by atoms with E-state index in [0.29, 0.717) is 9.86 Å². The lowest BCUT2D eigenvalue weighted by Gasteiger charge is -2.04. The van der Waals surface area contributed by atoms with E-state index in [4.69, 9.17) is 0 Å². The molecular formula is C10H5BrF2O. The van der Waals surface area contributed by atoms with E-state index in [0.717, 1.165) is 6.07 Å². The summed E-state index contributed by atoms with van der Waals surface area (Å²) in [4.78, 5) is 0. The van der Waals surface area contributed by atoms with Crippen LogP contribution in [0.3, 0.4) is 0 Å². The highest BCUT2D eigenvalue weighted by Gasteiger charge is 2.09. The van der Waals surface area contributed by atoms with Gasteiger partial charge in [0.2, 0.25) is 0 Å². The van der Waals surface area contributed by atoms with Crippen LogP contribution in [0.25, 0.3) is 10.8 Å². The molecular weight excluding hydrogens is 254 g/mol. The van der Waals surface area contributed by atoms with Gasteiger partial charge in [0.25, 0.3) is 0 Å². The second-order valence-electron chi connectivity index (χ2n) is 2.88. The predicted molar refractivity (Wildman–Crippen MR) is 53.2 cm³/mol. The molecule has 0 fully saturated rings. The zero-order valence-electron chi connectivity index (χ0n) is 6.89. The van der Waals surface area contributed by atoms with E-state index in [9.17, 15) is 13.9 Å². The lowest BCUT2D eigenvalue weighted by atomic mass is 10.1. The summed E-state index contributed by atoms with van der Waals surface area (Å²) in [7, 11) is 0. The fraction of sp³-hybridized carbons (Fsp3) is 0. The number of phenols is 1. The van der Waals surface area contributed by atoms with Crippen molar-refractivity contribution in [3.63, 3.8) is 0 Å². The third kappa shape index (κ3) is 1.35. The molecule has 0 spiro atoms. The monoisotopic (exact) mass is 258 g/mol. The molecule has 0 aromatic heterocycles. The lowest BCUT2D eigenvalue weighted by molar-refractivity contribution is 0.473. The highest BCUT2D eigenvalue weighted by molar-refractivity contribution is 9.10. The minimum absolute atomic E-state index is 0.0394. The number of halogens is 3. The Balaban J connectivity index is 2.95. The molecule has 72 valence electrons. The van der Waals surface area contributed by atoms with Crippen LogP contribution in [0, 0.1) is 11.6 Å². The molecule has 0 heterocycles. The zero-order chi connectivity index (χ0) is 10.3. The summed E-state index contributed by atoms with van der Waals surface area (Å²) in [6.07, 6.45) is 0. The van der Waals surface area contributed by atoms with E-state index in [-0.39, 0.29) is 11.1 Å². The van der Waals surface area contributed by atoms with Crippen LogP contribution in [0.2, 0.25) is 0 Å². The van der Waals surface area contributed by atoms with Crippen LogP contribution in [-0.4, -0.2) is 5.11 Å². The molecule has 0 aliphatic carbocycles. The van der Waals surface area contributed by atoms with Gasteiger partial charge < -0.3 is 5.11 Å². The molecule has 0 bridgehead atoms. The SMILES string of the molecule is Oc1ccc2c(F)cc(F)cc2c1Br. The normalized spacial score (nSPS) is 10.8. The Morgan fingerprint density at radius 2 is 1.79 bits per heavy atom. The molecule has 2 rings (SSSR count). The van der Waals surface area contributed by atoms with Crippen molar-refractivity contribution in [1.29, 1.82) is 0 Å². The summed E-state index contributed by atoms with van der Waals surface area (Å²) < 4.78 is 26.4. The largest absolute Gasteiger partial charge is 0.507 e. The number of phenolic OH excluding ortho intramolecular Hbond substituents is 1. The van der Waals surface area contributed by atoms with Gasteiger partial charge in [0.05, 0.1) is 4.47 Å². The molecule has 0 amide bonds. The Morgan fingerprint density at radius 1 is 1.07 bits per heavy atom. The first-order chi connectivity index (χ1) is 6.59. The first-order valence-electron chi connectivity index (χ1n) is 3.86. The van der Waals surface area contributed by atoms with Gasteiger partial charge in [-0.1, -0.05) is 0 Å². The summed E-state index contributed by atoms with van der Waals surface area (Å²) in [5.41, 5.74) is 0. The molecule has 0 saturated heterocycles. The van der Waals surface area contributed by atoms with Gasteiger partial charge in [0.1, 0.15) is 17.4 Å². The van der Waals surface area contributed by atoms with Crippen LogP contribution < -0.4 is 0 Å². The number of hydrogen-bond acceptors (Lipinski definition) is 1. The maximum atomic E-state index is 13.2. The van der Waals surface area contributed by atoms with E-state index in [1.165, 1.54) is 18.2 Å². The Kier molecular flexibility index (Phi) is 2.15. The van der Waals surface area contributed by atoms with Gasteiger partial charge in [-0.2, -0.15) is 0 Å². The van der Waals surface area contributed by atoms with Crippen molar-refractivity contribution in [2.75, 3.05) is 0 Å². The third-order valence-electron chi connectivity index (χ3n) is 1.96. The predicted octanol–water partition coefficient (Wildman–Crippen LogP) is 3.59. The summed E-state index contributed by atoms with van der Waals surface area (Å²) >= 11 is 3.07. The van der Waals surface area contributed by atoms with Gasteiger partial charge in [-0.15, -0.1) is 0 Å². The Bertz CT molecular complexity index is 511. The molecule has 0 radical (unpaired) electrons. The molecule has 0 unspecified atom stereocenters. The first kappa shape index (κ1) is 9.40. The fourth-order valence-electron chi connectivity index (χ4n) is 1.31. The van der Waals surface area contributed by atoms with Gasteiger partial charge in [0, 0.05) is 16.8 Å². The van der Waals surface area contributed by atoms with Crippen molar-refractivity contribution in [3.8, 4) is 5.75 Å². The van der Waals surface area contributed by atoms with Crippen molar-refractivity contribution >= 4 is 26.7 Å². The van der Waals surface area contributed by atoms with Gasteiger partial charge in [0.15, 0.2) is 0 Å². The maximum absolute atomic E-state index is 13.2. The van der Waals surface area contributed by atoms with Crippen LogP contribution in [-0.2, 0) is 0 Å². The van der Waals surface area contributed by atoms with Gasteiger partial charge >= 0.3 is 0 Å². The molecule has 2 aromatic rings. The maximum Gasteiger partial charge on any atom is 0.133 e. The van der Waals surface area contributed by atoms with Crippen molar-refractivity contribution in [1.82, 2.24) is 0 Å². The van der Waals surface area contributed by atoms with Crippen molar-refractivity contribution in [3.05, 3.63) is 40.4 Å². The number of hydrogen-bond donors (Lipinski definition) is 1. The summed E-state index contributed by atoms with van der Waals surface area (Å²) in [6.45, 7) is 0. The van der Waals surface area contributed by atoms with E-state index >= 15 is 0 Å². The zero-order valence-corrected chi connectivity index (χ0v) is 8.48. The Labute approximate surface area is 87.1 Å². The first-order valence-corrected chi connectivity index (χ1v) is 4.65. The molecule has 0 atom stereocenters. The van der Waals surface area contributed by atoms with Crippen molar-refractivity contribution in [2.45, 2.75) is 0 Å². The Morgan fingerprint density at radius 3 is 2.50 bits per heavy atom. The van der Waals surface area contributed by atoms with Gasteiger partial charge in [-0.25, -0.2) is 8.78 Å². The number of aromatic hydroxyl groups is 1. The molecule has 0 saturated carbocycles. The number of fused-ring (bicyclic) bond motifs is 1. The topological polar surface area (TPSA) is 20.2 Å². The van der Waals surface area contributed by atoms with E-state index in [1.54, 1.807) is 0 Å². The summed E-state index contributed by atoms with van der Waals surface area (Å²) in [5.74, 6) is -1.34. The second kappa shape index (κ2) is 3.20. The van der Waals surface area contributed by atoms with Crippen LogP contribution in [0.5, 0.6) is 5.75 Å². The second-order valence-corrected chi connectivity index (χ2v) is 3.67. The average molecular weight is 259 g/mol. The van der Waals surface area contributed by atoms with Crippen molar-refractivity contribution in [2.24, 2.45) is 0 Å².